The molecule has 0 unspecified atom stereocenters. The third kappa shape index (κ3) is 20.9. The molecule has 0 bridgehead atoms. The van der Waals surface area contributed by atoms with Crippen LogP contribution in [0, 0.1) is 5.92 Å². The molecule has 2 heteroatoms. The van der Waals surface area contributed by atoms with Crippen LogP contribution in [0.25, 0.3) is 0 Å². The van der Waals surface area contributed by atoms with Crippen molar-refractivity contribution < 1.29 is 5.48 Å². The van der Waals surface area contributed by atoms with E-state index in [4.69, 9.17) is 0 Å². The summed E-state index contributed by atoms with van der Waals surface area (Å²) in [5.74, 6) is 0.556. The van der Waals surface area contributed by atoms with Crippen molar-refractivity contribution in [2.75, 3.05) is 13.6 Å². The normalized spacial score (nSPS) is 8.76. The average molecular weight is 241 g/mol. The molecule has 0 heterocycles. The average Bonchev–Trinajstić information content (AvgIpc) is 2.34. The first-order chi connectivity index (χ1) is 7.67. The minimum Gasteiger partial charge on any atom is -0.412 e. The maximum Gasteiger partial charge on any atom is 0.0129 e. The second kappa shape index (κ2) is 24.2. The van der Waals surface area contributed by atoms with Crippen molar-refractivity contribution >= 4 is 0 Å². The molecule has 102 valence electrons. The molecule has 2 nitrogen and oxygen atoms in total. The Balaban J connectivity index is -0.0000000910. The van der Waals surface area contributed by atoms with E-state index in [-0.39, 0.29) is 5.48 Å². The summed E-state index contributed by atoms with van der Waals surface area (Å²) in [7, 11) is 1.89. The van der Waals surface area contributed by atoms with Crippen molar-refractivity contribution in [3.63, 3.8) is 0 Å². The van der Waals surface area contributed by atoms with Gasteiger partial charge in [0.25, 0.3) is 0 Å². The van der Waals surface area contributed by atoms with Crippen molar-refractivity contribution in [1.29, 1.82) is 0 Å². The predicted octanol–water partition coefficient (Wildman–Crippen LogP) is 3.52. The van der Waals surface area contributed by atoms with E-state index in [0.29, 0.717) is 5.92 Å². The van der Waals surface area contributed by atoms with Crippen molar-refractivity contribution in [2.24, 2.45) is 5.92 Å². The third-order valence-electron chi connectivity index (χ3n) is 1.92. The Kier molecular flexibility index (Phi) is 35.6. The van der Waals surface area contributed by atoms with Gasteiger partial charge in [0, 0.05) is 6.54 Å². The predicted molar refractivity (Wildman–Crippen MR) is 81.4 cm³/mol. The number of rotatable bonds is 5. The fourth-order valence-electron chi connectivity index (χ4n) is 0.812. The molecule has 0 aromatic heterocycles. The highest BCUT2D eigenvalue weighted by atomic mass is 16.0. The monoisotopic (exact) mass is 241 g/mol. The van der Waals surface area contributed by atoms with E-state index < -0.39 is 0 Å². The van der Waals surface area contributed by atoms with Gasteiger partial charge in [-0.05, 0) is 25.0 Å². The lowest BCUT2D eigenvalue weighted by Gasteiger charge is -2.04. The van der Waals surface area contributed by atoms with E-state index in [9.17, 15) is 0 Å². The number of nitrogens with one attached hydrogen (secondary N) is 1. The van der Waals surface area contributed by atoms with Gasteiger partial charge in [-0.2, -0.15) is 0 Å². The van der Waals surface area contributed by atoms with Crippen LogP contribution in [0.2, 0.25) is 0 Å². The quantitative estimate of drug-likeness (QED) is 0.447. The minimum absolute atomic E-state index is 0. The molecule has 0 saturated heterocycles. The molecule has 0 aliphatic rings. The van der Waals surface area contributed by atoms with Crippen molar-refractivity contribution in [1.82, 2.24) is 5.32 Å². The summed E-state index contributed by atoms with van der Waals surface area (Å²) in [5, 5.41) is 2.90. The summed E-state index contributed by atoms with van der Waals surface area (Å²) in [6.07, 6.45) is 4.77. The fraction of sp³-hybridized carbons (Fsp3) is 0.533. The second-order valence-corrected chi connectivity index (χ2v) is 2.99. The highest BCUT2D eigenvalue weighted by molar-refractivity contribution is 5.16. The lowest BCUT2D eigenvalue weighted by atomic mass is 10.00. The Morgan fingerprint density at radius 2 is 1.82 bits per heavy atom. The maximum atomic E-state index is 3.66. The van der Waals surface area contributed by atoms with Gasteiger partial charge in [-0.15, -0.1) is 12.3 Å². The Bertz CT molecular complexity index is 203. The number of likely N-dealkylation sites (N-methyl/N-ethyl adjacent to an activating group) is 1. The van der Waals surface area contributed by atoms with E-state index in [2.05, 4.69) is 44.6 Å². The SMILES string of the molecule is C=C=C(C=C)[C@@H](C)CC.C=CCNC.CC.O. The molecular weight excluding hydrogens is 210 g/mol. The Morgan fingerprint density at radius 1 is 1.35 bits per heavy atom. The number of allylic oxidation sites excluding steroid dienone is 2. The van der Waals surface area contributed by atoms with Gasteiger partial charge in [0.15, 0.2) is 0 Å². The topological polar surface area (TPSA) is 43.5 Å². The van der Waals surface area contributed by atoms with Gasteiger partial charge in [-0.1, -0.05) is 53.0 Å². The summed E-state index contributed by atoms with van der Waals surface area (Å²) in [4.78, 5) is 0. The summed E-state index contributed by atoms with van der Waals surface area (Å²) in [6.45, 7) is 19.9. The Labute approximate surface area is 108 Å². The number of hydrogen-bond acceptors (Lipinski definition) is 1. The zero-order valence-corrected chi connectivity index (χ0v) is 12.3. The van der Waals surface area contributed by atoms with Crippen LogP contribution in [-0.2, 0) is 0 Å². The minimum atomic E-state index is 0. The Hall–Kier alpha value is -1.08. The standard InChI is InChI=1S/C9H14.C4H9N.C2H6.H2O/c1-5-8(4)9(6-2)7-3;1-3-4-5-2;1-2;/h6,8H,2-3,5H2,1,4H3;3,5H,1,4H2,2H3;1-2H3;1H2/t8-;;;/m0.../s1. The van der Waals surface area contributed by atoms with E-state index >= 15 is 0 Å². The van der Waals surface area contributed by atoms with Crippen LogP contribution in [0.1, 0.15) is 34.1 Å². The third-order valence-corrected chi connectivity index (χ3v) is 1.92. The van der Waals surface area contributed by atoms with E-state index in [1.807, 2.05) is 33.0 Å². The van der Waals surface area contributed by atoms with Gasteiger partial charge in [-0.3, -0.25) is 0 Å². The van der Waals surface area contributed by atoms with E-state index in [1.165, 1.54) is 0 Å². The van der Waals surface area contributed by atoms with Gasteiger partial charge in [-0.25, -0.2) is 0 Å². The molecule has 0 rings (SSSR count). The summed E-state index contributed by atoms with van der Waals surface area (Å²) < 4.78 is 0. The van der Waals surface area contributed by atoms with Gasteiger partial charge in [0.1, 0.15) is 0 Å². The molecule has 0 saturated carbocycles. The van der Waals surface area contributed by atoms with Crippen LogP contribution >= 0.6 is 0 Å². The van der Waals surface area contributed by atoms with E-state index in [0.717, 1.165) is 18.5 Å². The van der Waals surface area contributed by atoms with Crippen molar-refractivity contribution in [2.45, 2.75) is 34.1 Å². The summed E-state index contributed by atoms with van der Waals surface area (Å²) in [6, 6.07) is 0. The lowest BCUT2D eigenvalue weighted by Crippen LogP contribution is -2.02. The van der Waals surface area contributed by atoms with Gasteiger partial charge in [0.05, 0.1) is 0 Å². The lowest BCUT2D eigenvalue weighted by molar-refractivity contribution is 0.672. The van der Waals surface area contributed by atoms with Gasteiger partial charge < -0.3 is 10.8 Å². The van der Waals surface area contributed by atoms with Crippen LogP contribution in [0.3, 0.4) is 0 Å². The zero-order valence-electron chi connectivity index (χ0n) is 12.3. The first kappa shape index (κ1) is 24.9. The molecule has 0 aromatic carbocycles. The van der Waals surface area contributed by atoms with Crippen LogP contribution < -0.4 is 5.32 Å². The van der Waals surface area contributed by atoms with Crippen LogP contribution in [0.15, 0.2) is 43.2 Å². The van der Waals surface area contributed by atoms with E-state index in [1.54, 1.807) is 0 Å². The first-order valence-corrected chi connectivity index (χ1v) is 5.95. The Morgan fingerprint density at radius 3 is 1.88 bits per heavy atom. The van der Waals surface area contributed by atoms with Gasteiger partial charge in [0.2, 0.25) is 0 Å². The molecule has 0 aliphatic heterocycles. The molecule has 0 aliphatic carbocycles. The fourth-order valence-corrected chi connectivity index (χ4v) is 0.812. The molecule has 3 N–H and O–H groups in total. The highest BCUT2D eigenvalue weighted by Gasteiger charge is 1.99. The zero-order chi connectivity index (χ0) is 13.4. The highest BCUT2D eigenvalue weighted by Crippen LogP contribution is 2.12. The van der Waals surface area contributed by atoms with Crippen LogP contribution in [0.5, 0.6) is 0 Å². The smallest absolute Gasteiger partial charge is 0.0129 e. The molecular formula is C15H31NO. The van der Waals surface area contributed by atoms with Crippen LogP contribution in [-0.4, -0.2) is 19.1 Å². The summed E-state index contributed by atoms with van der Waals surface area (Å²) >= 11 is 0. The largest absolute Gasteiger partial charge is 0.412 e. The van der Waals surface area contributed by atoms with Crippen molar-refractivity contribution in [3.8, 4) is 0 Å². The molecule has 0 aromatic rings. The maximum absolute atomic E-state index is 3.66. The molecule has 0 spiro atoms. The first-order valence-electron chi connectivity index (χ1n) is 5.95. The second-order valence-electron chi connectivity index (χ2n) is 2.99. The molecule has 0 amide bonds. The van der Waals surface area contributed by atoms with Crippen molar-refractivity contribution in [3.05, 3.63) is 43.2 Å². The van der Waals surface area contributed by atoms with Crippen LogP contribution in [0.4, 0.5) is 0 Å². The molecule has 0 fully saturated rings. The molecule has 17 heavy (non-hydrogen) atoms. The van der Waals surface area contributed by atoms with Gasteiger partial charge >= 0.3 is 0 Å². The molecule has 0 radical (unpaired) electrons. The number of hydrogen-bond donors (Lipinski definition) is 1. The molecule has 1 atom stereocenters. The summed E-state index contributed by atoms with van der Waals surface area (Å²) in [5.41, 5.74) is 3.97.